The Morgan fingerprint density at radius 1 is 1.40 bits per heavy atom. The molecule has 2 heterocycles. The number of aliphatic hydroxyl groups is 1. The van der Waals surface area contributed by atoms with Crippen LogP contribution in [0.3, 0.4) is 0 Å². The molecule has 0 aromatic carbocycles. The number of hydrogen-bond acceptors (Lipinski definition) is 5. The first kappa shape index (κ1) is 15.3. The lowest BCUT2D eigenvalue weighted by atomic mass is 9.93. The summed E-state index contributed by atoms with van der Waals surface area (Å²) in [6, 6.07) is 0. The van der Waals surface area contributed by atoms with Gasteiger partial charge in [0.2, 0.25) is 10.0 Å². The van der Waals surface area contributed by atoms with Gasteiger partial charge in [-0.2, -0.15) is 9.40 Å². The molecule has 7 nitrogen and oxygen atoms in total. The lowest BCUT2D eigenvalue weighted by molar-refractivity contribution is 0.0912. The van der Waals surface area contributed by atoms with Crippen LogP contribution in [-0.4, -0.2) is 46.8 Å². The Kier molecular flexibility index (Phi) is 4.08. The second kappa shape index (κ2) is 5.34. The summed E-state index contributed by atoms with van der Waals surface area (Å²) in [4.78, 5) is 0.107. The Labute approximate surface area is 119 Å². The summed E-state index contributed by atoms with van der Waals surface area (Å²) in [6.45, 7) is 4.26. The molecule has 0 aliphatic carbocycles. The van der Waals surface area contributed by atoms with Gasteiger partial charge in [0.1, 0.15) is 4.90 Å². The van der Waals surface area contributed by atoms with Gasteiger partial charge in [-0.3, -0.25) is 4.68 Å². The van der Waals surface area contributed by atoms with E-state index in [-0.39, 0.29) is 16.6 Å². The first-order valence-electron chi connectivity index (χ1n) is 6.72. The molecule has 2 rings (SSSR count). The van der Waals surface area contributed by atoms with Crippen LogP contribution in [-0.2, 0) is 17.1 Å². The highest BCUT2D eigenvalue weighted by Gasteiger charge is 2.34. The standard InChI is InChI=1S/C12H22N4O3S/c1-8-11(12(13)14-15(8)3)20(18,19)16-6-4-10(5-7-16)9(2)17/h9-10,17H,4-7H2,1-3H3,(H2,13,14). The summed E-state index contributed by atoms with van der Waals surface area (Å²) in [6.07, 6.45) is 0.928. The number of rotatable bonds is 3. The minimum absolute atomic E-state index is 0.0441. The number of hydrogen-bond donors (Lipinski definition) is 2. The first-order valence-corrected chi connectivity index (χ1v) is 8.16. The molecule has 20 heavy (non-hydrogen) atoms. The van der Waals surface area contributed by atoms with Crippen molar-refractivity contribution >= 4 is 15.8 Å². The molecule has 0 saturated carbocycles. The average molecular weight is 302 g/mol. The van der Waals surface area contributed by atoms with Gasteiger partial charge in [-0.05, 0) is 32.6 Å². The Hall–Kier alpha value is -1.12. The number of anilines is 1. The molecule has 0 radical (unpaired) electrons. The molecule has 1 unspecified atom stereocenters. The van der Waals surface area contributed by atoms with Crippen LogP contribution in [0.15, 0.2) is 4.90 Å². The molecule has 0 amide bonds. The average Bonchev–Trinajstić information content (AvgIpc) is 2.63. The molecule has 0 spiro atoms. The van der Waals surface area contributed by atoms with Crippen LogP contribution in [0, 0.1) is 12.8 Å². The lowest BCUT2D eigenvalue weighted by Crippen LogP contribution is -2.41. The van der Waals surface area contributed by atoms with E-state index < -0.39 is 16.1 Å². The third-order valence-electron chi connectivity index (χ3n) is 4.08. The van der Waals surface area contributed by atoms with Gasteiger partial charge in [0.15, 0.2) is 5.82 Å². The zero-order valence-corrected chi connectivity index (χ0v) is 12.9. The third kappa shape index (κ3) is 2.55. The Morgan fingerprint density at radius 3 is 2.35 bits per heavy atom. The van der Waals surface area contributed by atoms with Crippen LogP contribution in [0.2, 0.25) is 0 Å². The second-order valence-electron chi connectivity index (χ2n) is 5.41. The van der Waals surface area contributed by atoms with Gasteiger partial charge in [0.25, 0.3) is 0 Å². The predicted octanol–water partition coefficient (Wildman–Crippen LogP) is 0.0922. The highest BCUT2D eigenvalue weighted by atomic mass is 32.2. The lowest BCUT2D eigenvalue weighted by Gasteiger charge is -2.32. The van der Waals surface area contributed by atoms with Crippen molar-refractivity contribution in [3.63, 3.8) is 0 Å². The van der Waals surface area contributed by atoms with E-state index >= 15 is 0 Å². The van der Waals surface area contributed by atoms with Crippen molar-refractivity contribution in [2.75, 3.05) is 18.8 Å². The zero-order valence-electron chi connectivity index (χ0n) is 12.1. The summed E-state index contributed by atoms with van der Waals surface area (Å²) in [5, 5.41) is 13.5. The summed E-state index contributed by atoms with van der Waals surface area (Å²) >= 11 is 0. The van der Waals surface area contributed by atoms with E-state index in [2.05, 4.69) is 5.10 Å². The van der Waals surface area contributed by atoms with E-state index in [9.17, 15) is 13.5 Å². The van der Waals surface area contributed by atoms with Crippen LogP contribution in [0.25, 0.3) is 0 Å². The van der Waals surface area contributed by atoms with E-state index in [1.165, 1.54) is 8.99 Å². The summed E-state index contributed by atoms with van der Waals surface area (Å²) < 4.78 is 28.2. The van der Waals surface area contributed by atoms with E-state index in [0.29, 0.717) is 31.6 Å². The maximum absolute atomic E-state index is 12.6. The second-order valence-corrected chi connectivity index (χ2v) is 7.28. The number of nitrogen functional groups attached to an aromatic ring is 1. The topological polar surface area (TPSA) is 101 Å². The molecule has 3 N–H and O–H groups in total. The van der Waals surface area contributed by atoms with E-state index in [0.717, 1.165) is 0 Å². The molecule has 1 aliphatic heterocycles. The minimum atomic E-state index is -3.61. The molecule has 8 heteroatoms. The molecule has 1 saturated heterocycles. The molecule has 1 aliphatic rings. The van der Waals surface area contributed by atoms with Crippen molar-refractivity contribution < 1.29 is 13.5 Å². The quantitative estimate of drug-likeness (QED) is 0.824. The van der Waals surface area contributed by atoms with Gasteiger partial charge >= 0.3 is 0 Å². The summed E-state index contributed by atoms with van der Waals surface area (Å²) in [7, 11) is -1.94. The van der Waals surface area contributed by atoms with Crippen molar-refractivity contribution in [1.82, 2.24) is 14.1 Å². The number of aryl methyl sites for hydroxylation is 1. The van der Waals surface area contributed by atoms with E-state index in [4.69, 9.17) is 5.73 Å². The van der Waals surface area contributed by atoms with Crippen molar-refractivity contribution in [2.24, 2.45) is 13.0 Å². The first-order chi connectivity index (χ1) is 9.25. The molecule has 114 valence electrons. The zero-order chi connectivity index (χ0) is 15.1. The number of piperidine rings is 1. The smallest absolute Gasteiger partial charge is 0.248 e. The normalized spacial score (nSPS) is 20.2. The van der Waals surface area contributed by atoms with Crippen molar-refractivity contribution in [3.8, 4) is 0 Å². The summed E-state index contributed by atoms with van der Waals surface area (Å²) in [5.74, 6) is 0.205. The monoisotopic (exact) mass is 302 g/mol. The number of nitrogens with two attached hydrogens (primary N) is 1. The third-order valence-corrected chi connectivity index (χ3v) is 6.15. The molecule has 1 aromatic rings. The molecular weight excluding hydrogens is 280 g/mol. The fraction of sp³-hybridized carbons (Fsp3) is 0.750. The fourth-order valence-electron chi connectivity index (χ4n) is 2.66. The van der Waals surface area contributed by atoms with Crippen LogP contribution >= 0.6 is 0 Å². The molecule has 0 bridgehead atoms. The van der Waals surface area contributed by atoms with Gasteiger partial charge in [0.05, 0.1) is 11.8 Å². The van der Waals surface area contributed by atoms with Gasteiger partial charge in [-0.25, -0.2) is 8.42 Å². The number of aromatic nitrogens is 2. The Morgan fingerprint density at radius 2 is 1.95 bits per heavy atom. The van der Waals surface area contributed by atoms with Gasteiger partial charge in [-0.1, -0.05) is 0 Å². The van der Waals surface area contributed by atoms with Crippen molar-refractivity contribution in [3.05, 3.63) is 5.69 Å². The van der Waals surface area contributed by atoms with Crippen molar-refractivity contribution in [2.45, 2.75) is 37.7 Å². The molecule has 1 aromatic heterocycles. The van der Waals surface area contributed by atoms with Crippen LogP contribution in [0.1, 0.15) is 25.5 Å². The van der Waals surface area contributed by atoms with Gasteiger partial charge in [0, 0.05) is 20.1 Å². The van der Waals surface area contributed by atoms with E-state index in [1.807, 2.05) is 0 Å². The maximum atomic E-state index is 12.6. The number of nitrogens with zero attached hydrogens (tertiary/aromatic N) is 3. The molecule has 1 fully saturated rings. The molecular formula is C12H22N4O3S. The molecule has 1 atom stereocenters. The van der Waals surface area contributed by atoms with Gasteiger partial charge < -0.3 is 10.8 Å². The SMILES string of the molecule is Cc1c(S(=O)(=O)N2CCC(C(C)O)CC2)c(N)nn1C. The van der Waals surface area contributed by atoms with Gasteiger partial charge in [-0.15, -0.1) is 0 Å². The highest BCUT2D eigenvalue weighted by molar-refractivity contribution is 7.89. The Balaban J connectivity index is 2.24. The predicted molar refractivity (Wildman–Crippen MR) is 75.5 cm³/mol. The van der Waals surface area contributed by atoms with Crippen LogP contribution < -0.4 is 5.73 Å². The van der Waals surface area contributed by atoms with E-state index in [1.54, 1.807) is 20.9 Å². The maximum Gasteiger partial charge on any atom is 0.248 e. The number of aliphatic hydroxyl groups excluding tert-OH is 1. The number of sulfonamides is 1. The fourth-order valence-corrected chi connectivity index (χ4v) is 4.42. The highest BCUT2D eigenvalue weighted by Crippen LogP contribution is 2.29. The Bertz CT molecular complexity index is 586. The largest absolute Gasteiger partial charge is 0.393 e. The van der Waals surface area contributed by atoms with Crippen LogP contribution in [0.5, 0.6) is 0 Å². The van der Waals surface area contributed by atoms with Crippen molar-refractivity contribution in [1.29, 1.82) is 0 Å². The minimum Gasteiger partial charge on any atom is -0.393 e. The van der Waals surface area contributed by atoms with Crippen LogP contribution in [0.4, 0.5) is 5.82 Å². The summed E-state index contributed by atoms with van der Waals surface area (Å²) in [5.41, 5.74) is 6.27.